The Labute approximate surface area is 372 Å². The maximum Gasteiger partial charge on any atom is 0.407 e. The van der Waals surface area contributed by atoms with E-state index in [1.54, 1.807) is 27.6 Å². The number of alkyl carbamates (subject to hydrolysis) is 2. The lowest BCUT2D eigenvalue weighted by Crippen LogP contribution is -2.51. The summed E-state index contributed by atoms with van der Waals surface area (Å²) in [6, 6.07) is 21.9. The molecule has 0 bridgehead atoms. The van der Waals surface area contributed by atoms with Gasteiger partial charge in [-0.05, 0) is 66.0 Å². The predicted molar refractivity (Wildman–Crippen MR) is 244 cm³/mol. The maximum atomic E-state index is 14.0. The van der Waals surface area contributed by atoms with Crippen molar-refractivity contribution in [3.8, 4) is 33.5 Å². The summed E-state index contributed by atoms with van der Waals surface area (Å²) in [5.41, 5.74) is 8.80. The van der Waals surface area contributed by atoms with Crippen molar-refractivity contribution in [3.63, 3.8) is 0 Å². The summed E-state index contributed by atoms with van der Waals surface area (Å²) in [6.07, 6.45) is 3.73. The average molecular weight is 885 g/mol. The Kier molecular flexibility index (Phi) is 11.7. The molecule has 4 atom stereocenters. The van der Waals surface area contributed by atoms with Crippen LogP contribution in [0.1, 0.15) is 74.9 Å². The number of methoxy groups -OCH3 is 2. The Morgan fingerprint density at radius 3 is 2.00 bits per heavy atom. The number of hydrogen-bond acceptors (Lipinski definition) is 10. The highest BCUT2D eigenvalue weighted by Crippen LogP contribution is 2.45. The van der Waals surface area contributed by atoms with E-state index in [4.69, 9.17) is 19.4 Å². The van der Waals surface area contributed by atoms with Crippen LogP contribution in [0.4, 0.5) is 9.59 Å². The fourth-order valence-electron chi connectivity index (χ4n) is 8.84. The molecule has 2 aliphatic heterocycles. The lowest BCUT2D eigenvalue weighted by atomic mass is 10.0. The minimum Gasteiger partial charge on any atom is -0.453 e. The van der Waals surface area contributed by atoms with Gasteiger partial charge >= 0.3 is 12.2 Å². The van der Waals surface area contributed by atoms with E-state index in [0.29, 0.717) is 24.5 Å². The minimum absolute atomic E-state index is 0.110. The maximum absolute atomic E-state index is 14.0. The normalized spacial score (nSPS) is 17.3. The Bertz CT molecular complexity index is 2790. The second kappa shape index (κ2) is 17.7. The largest absolute Gasteiger partial charge is 0.453 e. The van der Waals surface area contributed by atoms with Crippen molar-refractivity contribution < 1.29 is 28.7 Å². The molecule has 9 rings (SSSR count). The molecule has 2 aliphatic rings. The van der Waals surface area contributed by atoms with Crippen molar-refractivity contribution in [2.45, 2.75) is 63.7 Å². The van der Waals surface area contributed by atoms with Crippen LogP contribution < -0.4 is 10.6 Å². The van der Waals surface area contributed by atoms with E-state index in [1.165, 1.54) is 29.2 Å². The van der Waals surface area contributed by atoms with Gasteiger partial charge in [-0.15, -0.1) is 22.7 Å². The zero-order valence-corrected chi connectivity index (χ0v) is 37.0. The Morgan fingerprint density at radius 2 is 1.33 bits per heavy atom. The van der Waals surface area contributed by atoms with Gasteiger partial charge in [0.15, 0.2) is 0 Å². The predicted octanol–water partition coefficient (Wildman–Crippen LogP) is 9.37. The zero-order chi connectivity index (χ0) is 43.8. The van der Waals surface area contributed by atoms with Crippen LogP contribution in [0.15, 0.2) is 89.8 Å². The second-order valence-corrected chi connectivity index (χ2v) is 18.0. The first-order valence-electron chi connectivity index (χ1n) is 21.1. The number of amides is 4. The quantitative estimate of drug-likeness (QED) is 0.0994. The molecule has 4 N–H and O–H groups in total. The van der Waals surface area contributed by atoms with E-state index in [-0.39, 0.29) is 29.8 Å². The van der Waals surface area contributed by atoms with E-state index in [0.717, 1.165) is 70.5 Å². The van der Waals surface area contributed by atoms with Crippen LogP contribution in [-0.4, -0.2) is 87.1 Å². The third kappa shape index (κ3) is 8.16. The summed E-state index contributed by atoms with van der Waals surface area (Å²) in [6.45, 7) is 4.97. The molecular weight excluding hydrogens is 837 g/mol. The molecule has 7 aromatic rings. The Morgan fingerprint density at radius 1 is 0.730 bits per heavy atom. The number of nitrogens with zero attached hydrogens (tertiary/aromatic N) is 4. The Hall–Kier alpha value is -6.52. The fraction of sp³-hybridized carbons (Fsp3) is 0.319. The van der Waals surface area contributed by atoms with Gasteiger partial charge in [-0.25, -0.2) is 19.6 Å². The number of H-pyrrole nitrogens is 2. The van der Waals surface area contributed by atoms with Crippen molar-refractivity contribution in [2.75, 3.05) is 27.3 Å². The molecule has 63 heavy (non-hydrogen) atoms. The Balaban J connectivity index is 0.905. The van der Waals surface area contributed by atoms with Gasteiger partial charge in [-0.2, -0.15) is 0 Å². The van der Waals surface area contributed by atoms with Crippen LogP contribution in [0.2, 0.25) is 0 Å². The van der Waals surface area contributed by atoms with Crippen molar-refractivity contribution in [1.29, 1.82) is 0 Å². The zero-order valence-electron chi connectivity index (χ0n) is 35.3. The number of carbonyl (C=O) groups is 4. The number of thiophene rings is 2. The highest BCUT2D eigenvalue weighted by Gasteiger charge is 2.39. The number of ether oxygens (including phenoxy) is 2. The van der Waals surface area contributed by atoms with Gasteiger partial charge in [-0.3, -0.25) is 9.59 Å². The number of imidazole rings is 2. The number of benzene rings is 3. The number of nitrogens with one attached hydrogen (secondary N) is 4. The summed E-state index contributed by atoms with van der Waals surface area (Å²) in [5, 5.41) is 9.88. The standard InChI is InChI=1S/C47H48N8O6S2/c1-26(2)38(52-46(58)60-3)44(56)55-21-9-13-37(55)43-49-33-19-18-30(22-34(33)50-43)32-25-63-40-31(24-62-41(32)40)27-14-16-28(17-15-27)35-23-48-42(51-35)36-12-8-20-54(36)45(57)39(53-47(59)61-4)29-10-6-5-7-11-29/h5-7,10-11,14-19,22-26,36-39H,8-9,12-13,20-21H2,1-4H3,(H,48,51)(H,49,50)(H,52,58)(H,53,59)/t36?,37-,38-,39+/m0/s1. The molecule has 6 heterocycles. The highest BCUT2D eigenvalue weighted by atomic mass is 32.1. The van der Waals surface area contributed by atoms with Crippen LogP contribution in [0.3, 0.4) is 0 Å². The molecule has 324 valence electrons. The first kappa shape index (κ1) is 41.8. The summed E-state index contributed by atoms with van der Waals surface area (Å²) in [7, 11) is 2.58. The summed E-state index contributed by atoms with van der Waals surface area (Å²) >= 11 is 3.46. The van der Waals surface area contributed by atoms with Crippen LogP contribution in [0, 0.1) is 5.92 Å². The molecule has 16 heteroatoms. The first-order valence-corrected chi connectivity index (χ1v) is 22.9. The van der Waals surface area contributed by atoms with Crippen molar-refractivity contribution in [2.24, 2.45) is 5.92 Å². The molecule has 0 spiro atoms. The molecule has 2 fully saturated rings. The fourth-order valence-corrected chi connectivity index (χ4v) is 11.3. The third-order valence-corrected chi connectivity index (χ3v) is 14.3. The van der Waals surface area contributed by atoms with Crippen molar-refractivity contribution in [1.82, 2.24) is 40.4 Å². The molecule has 2 saturated heterocycles. The minimum atomic E-state index is -0.880. The van der Waals surface area contributed by atoms with Crippen LogP contribution in [0.5, 0.6) is 0 Å². The summed E-state index contributed by atoms with van der Waals surface area (Å²) in [4.78, 5) is 72.3. The topological polar surface area (TPSA) is 175 Å². The van der Waals surface area contributed by atoms with E-state index in [2.05, 4.69) is 67.8 Å². The number of carbonyl (C=O) groups excluding carboxylic acids is 4. The molecule has 3 aromatic carbocycles. The molecule has 1 unspecified atom stereocenters. The molecule has 0 saturated carbocycles. The number of rotatable bonds is 11. The number of aromatic nitrogens is 4. The summed E-state index contributed by atoms with van der Waals surface area (Å²) in [5.74, 6) is 1.00. The number of fused-ring (bicyclic) bond motifs is 2. The first-order chi connectivity index (χ1) is 30.6. The SMILES string of the molecule is COC(=O)N[C@H](C(=O)N1CCC[C@H]1c1nc2ccc(-c3csc4c(-c5ccc(-c6cnc(C7CCCN7C(=O)[C@H](NC(=O)OC)c7ccccc7)[nH]6)cc5)csc34)cc2[nH]1)C(C)C. The average Bonchev–Trinajstić information content (AvgIpc) is 4.17. The van der Waals surface area contributed by atoms with Gasteiger partial charge < -0.3 is 39.9 Å². The number of likely N-dealkylation sites (tertiary alicyclic amines) is 2. The van der Waals surface area contributed by atoms with Gasteiger partial charge in [0.2, 0.25) is 5.91 Å². The molecular formula is C47H48N8O6S2. The lowest BCUT2D eigenvalue weighted by molar-refractivity contribution is -0.135. The van der Waals surface area contributed by atoms with E-state index >= 15 is 0 Å². The highest BCUT2D eigenvalue weighted by molar-refractivity contribution is 7.27. The number of aromatic amines is 2. The molecule has 0 radical (unpaired) electrons. The van der Waals surface area contributed by atoms with Crippen LogP contribution in [0.25, 0.3) is 53.9 Å². The van der Waals surface area contributed by atoms with Crippen molar-refractivity contribution in [3.05, 3.63) is 107 Å². The van der Waals surface area contributed by atoms with Gasteiger partial charge in [0.05, 0.1) is 58.6 Å². The molecule has 4 amide bonds. The number of hydrogen-bond donors (Lipinski definition) is 4. The van der Waals surface area contributed by atoms with Crippen molar-refractivity contribution >= 4 is 67.1 Å². The van der Waals surface area contributed by atoms with E-state index in [9.17, 15) is 19.2 Å². The molecule has 0 aliphatic carbocycles. The van der Waals surface area contributed by atoms with E-state index in [1.807, 2.05) is 61.3 Å². The van der Waals surface area contributed by atoms with E-state index < -0.39 is 24.3 Å². The van der Waals surface area contributed by atoms with Gasteiger partial charge in [0.25, 0.3) is 5.91 Å². The van der Waals surface area contributed by atoms with Gasteiger partial charge in [0, 0.05) is 35.0 Å². The lowest BCUT2D eigenvalue weighted by Gasteiger charge is -2.29. The second-order valence-electron chi connectivity index (χ2n) is 16.3. The monoisotopic (exact) mass is 884 g/mol. The van der Waals surface area contributed by atoms with Gasteiger partial charge in [-0.1, -0.05) is 74.5 Å². The molecule has 4 aromatic heterocycles. The van der Waals surface area contributed by atoms with Gasteiger partial charge in [0.1, 0.15) is 23.7 Å². The molecule has 14 nitrogen and oxygen atoms in total. The van der Waals surface area contributed by atoms with Crippen LogP contribution in [-0.2, 0) is 19.1 Å². The smallest absolute Gasteiger partial charge is 0.407 e. The third-order valence-electron chi connectivity index (χ3n) is 12.1. The summed E-state index contributed by atoms with van der Waals surface area (Å²) < 4.78 is 12.1. The van der Waals surface area contributed by atoms with Crippen LogP contribution >= 0.6 is 22.7 Å².